The zero-order chi connectivity index (χ0) is 15.2. The summed E-state index contributed by atoms with van der Waals surface area (Å²) in [6.07, 6.45) is 0. The molecule has 2 rings (SSSR count). The summed E-state index contributed by atoms with van der Waals surface area (Å²) in [6.45, 7) is 10.1. The zero-order valence-electron chi connectivity index (χ0n) is 13.7. The van der Waals surface area contributed by atoms with Crippen LogP contribution in [0.25, 0.3) is 0 Å². The van der Waals surface area contributed by atoms with E-state index in [9.17, 15) is 0 Å². The molecule has 1 saturated heterocycles. The molecule has 2 heterocycles. The Morgan fingerprint density at radius 1 is 1.24 bits per heavy atom. The molecule has 118 valence electrons. The minimum absolute atomic E-state index is 0.534. The van der Waals surface area contributed by atoms with Crippen molar-refractivity contribution in [3.8, 4) is 5.88 Å². The summed E-state index contributed by atoms with van der Waals surface area (Å²) in [7, 11) is 3.84. The van der Waals surface area contributed by atoms with Gasteiger partial charge in [0.25, 0.3) is 0 Å². The van der Waals surface area contributed by atoms with Gasteiger partial charge in [-0.2, -0.15) is 4.98 Å². The smallest absolute Gasteiger partial charge is 0.214 e. The minimum atomic E-state index is 0.534. The molecule has 5 nitrogen and oxygen atoms in total. The van der Waals surface area contributed by atoms with Crippen LogP contribution in [0.1, 0.15) is 13.8 Å². The van der Waals surface area contributed by atoms with Crippen molar-refractivity contribution >= 4 is 5.82 Å². The van der Waals surface area contributed by atoms with Gasteiger partial charge in [0.2, 0.25) is 5.88 Å². The molecule has 0 bridgehead atoms. The standard InChI is InChI=1S/C16H28N4O/c1-13(2)14(20-10-8-19(3)9-11-20)12-17-15-6-5-7-16(18-15)21-4/h5-7,13-14H,8-12H2,1-4H3,(H,17,18). The number of nitrogens with zero attached hydrogens (tertiary/aromatic N) is 3. The van der Waals surface area contributed by atoms with E-state index in [4.69, 9.17) is 4.74 Å². The number of piperazine rings is 1. The highest BCUT2D eigenvalue weighted by molar-refractivity contribution is 5.37. The van der Waals surface area contributed by atoms with Gasteiger partial charge in [-0.15, -0.1) is 0 Å². The van der Waals surface area contributed by atoms with Crippen molar-refractivity contribution < 1.29 is 4.74 Å². The molecule has 1 aromatic rings. The third-order valence-corrected chi connectivity index (χ3v) is 4.20. The number of aromatic nitrogens is 1. The van der Waals surface area contributed by atoms with Crippen LogP contribution in [-0.4, -0.2) is 67.7 Å². The first kappa shape index (κ1) is 16.0. The Kier molecular flexibility index (Phi) is 5.82. The number of ether oxygens (including phenoxy) is 1. The van der Waals surface area contributed by atoms with Gasteiger partial charge in [-0.3, -0.25) is 4.90 Å². The van der Waals surface area contributed by atoms with Gasteiger partial charge in [0.1, 0.15) is 5.82 Å². The second-order valence-electron chi connectivity index (χ2n) is 6.10. The van der Waals surface area contributed by atoms with E-state index in [0.29, 0.717) is 17.8 Å². The topological polar surface area (TPSA) is 40.6 Å². The van der Waals surface area contributed by atoms with E-state index in [2.05, 4.69) is 41.0 Å². The van der Waals surface area contributed by atoms with Crippen LogP contribution in [0, 0.1) is 5.92 Å². The van der Waals surface area contributed by atoms with Crippen LogP contribution in [0.5, 0.6) is 5.88 Å². The highest BCUT2D eigenvalue weighted by Gasteiger charge is 2.24. The van der Waals surface area contributed by atoms with Crippen LogP contribution in [0.15, 0.2) is 18.2 Å². The number of likely N-dealkylation sites (N-methyl/N-ethyl adjacent to an activating group) is 1. The Morgan fingerprint density at radius 3 is 2.57 bits per heavy atom. The van der Waals surface area contributed by atoms with E-state index < -0.39 is 0 Å². The second kappa shape index (κ2) is 7.61. The SMILES string of the molecule is COc1cccc(NCC(C(C)C)N2CCN(C)CC2)n1. The average molecular weight is 292 g/mol. The lowest BCUT2D eigenvalue weighted by molar-refractivity contribution is 0.0944. The van der Waals surface area contributed by atoms with E-state index in [1.807, 2.05) is 18.2 Å². The van der Waals surface area contributed by atoms with Crippen LogP contribution in [0.2, 0.25) is 0 Å². The number of anilines is 1. The van der Waals surface area contributed by atoms with Crippen LogP contribution < -0.4 is 10.1 Å². The third kappa shape index (κ3) is 4.58. The van der Waals surface area contributed by atoms with E-state index in [1.165, 1.54) is 0 Å². The van der Waals surface area contributed by atoms with Crippen molar-refractivity contribution in [2.75, 3.05) is 52.2 Å². The molecule has 1 aromatic heterocycles. The third-order valence-electron chi connectivity index (χ3n) is 4.20. The molecule has 1 fully saturated rings. The van der Waals surface area contributed by atoms with Crippen LogP contribution in [0.4, 0.5) is 5.82 Å². The molecule has 0 saturated carbocycles. The van der Waals surface area contributed by atoms with E-state index in [1.54, 1.807) is 7.11 Å². The summed E-state index contributed by atoms with van der Waals surface area (Å²) in [6, 6.07) is 6.36. The summed E-state index contributed by atoms with van der Waals surface area (Å²) in [4.78, 5) is 9.41. The highest BCUT2D eigenvalue weighted by atomic mass is 16.5. The number of hydrogen-bond acceptors (Lipinski definition) is 5. The van der Waals surface area contributed by atoms with Gasteiger partial charge >= 0.3 is 0 Å². The predicted molar refractivity (Wildman–Crippen MR) is 87.0 cm³/mol. The molecular formula is C16H28N4O. The summed E-state index contributed by atoms with van der Waals surface area (Å²) in [5.41, 5.74) is 0. The molecule has 1 aliphatic heterocycles. The summed E-state index contributed by atoms with van der Waals surface area (Å²) < 4.78 is 5.17. The fraction of sp³-hybridized carbons (Fsp3) is 0.688. The summed E-state index contributed by atoms with van der Waals surface area (Å²) >= 11 is 0. The van der Waals surface area contributed by atoms with Crippen LogP contribution in [0.3, 0.4) is 0 Å². The lowest BCUT2D eigenvalue weighted by Crippen LogP contribution is -2.52. The monoisotopic (exact) mass is 292 g/mol. The van der Waals surface area contributed by atoms with Crippen LogP contribution >= 0.6 is 0 Å². The van der Waals surface area contributed by atoms with Crippen molar-refractivity contribution in [3.63, 3.8) is 0 Å². The molecule has 0 spiro atoms. The first-order chi connectivity index (χ1) is 10.1. The molecule has 21 heavy (non-hydrogen) atoms. The Labute approximate surface area is 128 Å². The lowest BCUT2D eigenvalue weighted by atomic mass is 10.0. The number of rotatable bonds is 6. The van der Waals surface area contributed by atoms with Crippen molar-refractivity contribution in [3.05, 3.63) is 18.2 Å². The zero-order valence-corrected chi connectivity index (χ0v) is 13.7. The maximum Gasteiger partial charge on any atom is 0.214 e. The molecule has 0 aromatic carbocycles. The van der Waals surface area contributed by atoms with Gasteiger partial charge in [0, 0.05) is 44.8 Å². The Morgan fingerprint density at radius 2 is 1.95 bits per heavy atom. The van der Waals surface area contributed by atoms with Gasteiger partial charge in [-0.1, -0.05) is 19.9 Å². The second-order valence-corrected chi connectivity index (χ2v) is 6.10. The van der Waals surface area contributed by atoms with Crippen molar-refractivity contribution in [2.45, 2.75) is 19.9 Å². The van der Waals surface area contributed by atoms with E-state index in [-0.39, 0.29) is 0 Å². The Balaban J connectivity index is 1.93. The van der Waals surface area contributed by atoms with Gasteiger partial charge in [0.05, 0.1) is 7.11 Å². The van der Waals surface area contributed by atoms with E-state index >= 15 is 0 Å². The average Bonchev–Trinajstić information content (AvgIpc) is 2.49. The molecule has 1 N–H and O–H groups in total. The highest BCUT2D eigenvalue weighted by Crippen LogP contribution is 2.16. The van der Waals surface area contributed by atoms with Crippen molar-refractivity contribution in [1.82, 2.24) is 14.8 Å². The van der Waals surface area contributed by atoms with Gasteiger partial charge < -0.3 is 15.0 Å². The van der Waals surface area contributed by atoms with Gasteiger partial charge in [-0.05, 0) is 19.0 Å². The summed E-state index contributed by atoms with van der Waals surface area (Å²) in [5, 5.41) is 3.46. The molecule has 0 radical (unpaired) electrons. The summed E-state index contributed by atoms with van der Waals surface area (Å²) in [5.74, 6) is 2.15. The fourth-order valence-corrected chi connectivity index (χ4v) is 2.78. The number of pyridine rings is 1. The van der Waals surface area contributed by atoms with Gasteiger partial charge in [-0.25, -0.2) is 0 Å². The molecule has 1 unspecified atom stereocenters. The lowest BCUT2D eigenvalue weighted by Gasteiger charge is -2.40. The minimum Gasteiger partial charge on any atom is -0.481 e. The molecule has 5 heteroatoms. The quantitative estimate of drug-likeness (QED) is 0.865. The molecule has 0 aliphatic carbocycles. The van der Waals surface area contributed by atoms with Crippen molar-refractivity contribution in [2.24, 2.45) is 5.92 Å². The van der Waals surface area contributed by atoms with Crippen molar-refractivity contribution in [1.29, 1.82) is 0 Å². The molecular weight excluding hydrogens is 264 g/mol. The number of hydrogen-bond donors (Lipinski definition) is 1. The first-order valence-electron chi connectivity index (χ1n) is 7.77. The van der Waals surface area contributed by atoms with E-state index in [0.717, 1.165) is 38.5 Å². The maximum atomic E-state index is 5.17. The van der Waals surface area contributed by atoms with Gasteiger partial charge in [0.15, 0.2) is 0 Å². The predicted octanol–water partition coefficient (Wildman–Crippen LogP) is 1.77. The molecule has 1 aliphatic rings. The van der Waals surface area contributed by atoms with Crippen LogP contribution in [-0.2, 0) is 0 Å². The number of methoxy groups -OCH3 is 1. The Bertz CT molecular complexity index is 430. The molecule has 1 atom stereocenters. The Hall–Kier alpha value is -1.33. The largest absolute Gasteiger partial charge is 0.481 e. The normalized spacial score (nSPS) is 18.7. The first-order valence-corrected chi connectivity index (χ1v) is 7.77. The fourth-order valence-electron chi connectivity index (χ4n) is 2.78. The molecule has 0 amide bonds. The number of nitrogens with one attached hydrogen (secondary N) is 1. The maximum absolute atomic E-state index is 5.17.